The van der Waals surface area contributed by atoms with Crippen molar-refractivity contribution in [3.8, 4) is 0 Å². The molecule has 0 aromatic heterocycles. The molecule has 220 valence electrons. The fourth-order valence-electron chi connectivity index (χ4n) is 4.38. The second kappa shape index (κ2) is 14.3. The quantitative estimate of drug-likeness (QED) is 0.111. The maximum atomic E-state index is 13.5. The normalized spacial score (nSPS) is 11.9. The first-order valence-corrected chi connectivity index (χ1v) is 15.3. The van der Waals surface area contributed by atoms with Gasteiger partial charge < -0.3 is 16.0 Å². The predicted molar refractivity (Wildman–Crippen MR) is 181 cm³/mol. The van der Waals surface area contributed by atoms with E-state index in [0.29, 0.717) is 22.0 Å². The standard InChI is InChI=1S/C35H27Cl2N3O3S/c1-22(33(41)39-30-16-8-15-29(36)32(30)37)44-27-19-17-26(18-20-27)38-35(43)31(40-34(42)24-10-3-2-4-11-24)21-25-13-7-12-23-9-5-6-14-28(23)25/h2-22H,1H3,(H,38,43)(H,39,41)(H,40,42)/b31-21-. The minimum Gasteiger partial charge on any atom is -0.324 e. The summed E-state index contributed by atoms with van der Waals surface area (Å²) in [7, 11) is 0. The number of anilines is 2. The van der Waals surface area contributed by atoms with E-state index in [1.165, 1.54) is 11.8 Å². The number of amides is 3. The second-order valence-corrected chi connectivity index (χ2v) is 12.0. The average Bonchev–Trinajstić information content (AvgIpc) is 3.04. The highest BCUT2D eigenvalue weighted by molar-refractivity contribution is 8.00. The molecule has 9 heteroatoms. The molecular formula is C35H27Cl2N3O3S. The van der Waals surface area contributed by atoms with Gasteiger partial charge in [-0.3, -0.25) is 14.4 Å². The molecule has 3 amide bonds. The van der Waals surface area contributed by atoms with Gasteiger partial charge in [0.15, 0.2) is 0 Å². The summed E-state index contributed by atoms with van der Waals surface area (Å²) in [5.41, 5.74) is 2.29. The molecule has 0 saturated carbocycles. The van der Waals surface area contributed by atoms with Gasteiger partial charge in [-0.05, 0) is 77.9 Å². The van der Waals surface area contributed by atoms with Crippen LogP contribution in [0.3, 0.4) is 0 Å². The maximum absolute atomic E-state index is 13.5. The Morgan fingerprint density at radius 2 is 1.43 bits per heavy atom. The van der Waals surface area contributed by atoms with E-state index < -0.39 is 17.1 Å². The minimum absolute atomic E-state index is 0.0960. The first-order chi connectivity index (χ1) is 21.3. The van der Waals surface area contributed by atoms with Crippen molar-refractivity contribution in [1.82, 2.24) is 5.32 Å². The molecule has 3 N–H and O–H groups in total. The van der Waals surface area contributed by atoms with E-state index in [9.17, 15) is 14.4 Å². The van der Waals surface area contributed by atoms with Crippen LogP contribution >= 0.6 is 35.0 Å². The molecule has 0 aliphatic carbocycles. The van der Waals surface area contributed by atoms with E-state index >= 15 is 0 Å². The van der Waals surface area contributed by atoms with E-state index in [1.807, 2.05) is 60.7 Å². The number of carbonyl (C=O) groups is 3. The number of halogens is 2. The zero-order valence-corrected chi connectivity index (χ0v) is 25.8. The van der Waals surface area contributed by atoms with Crippen LogP contribution in [0.25, 0.3) is 16.8 Å². The van der Waals surface area contributed by atoms with Gasteiger partial charge in [-0.15, -0.1) is 11.8 Å². The highest BCUT2D eigenvalue weighted by Gasteiger charge is 2.18. The molecule has 0 aliphatic heterocycles. The summed E-state index contributed by atoms with van der Waals surface area (Å²) in [4.78, 5) is 40.1. The lowest BCUT2D eigenvalue weighted by Gasteiger charge is -2.14. The summed E-state index contributed by atoms with van der Waals surface area (Å²) in [6.45, 7) is 1.79. The number of hydrogen-bond donors (Lipinski definition) is 3. The zero-order valence-electron chi connectivity index (χ0n) is 23.5. The van der Waals surface area contributed by atoms with Crippen molar-refractivity contribution >= 4 is 80.9 Å². The lowest BCUT2D eigenvalue weighted by atomic mass is 10.0. The molecule has 1 unspecified atom stereocenters. The molecule has 0 heterocycles. The third-order valence-electron chi connectivity index (χ3n) is 6.66. The van der Waals surface area contributed by atoms with E-state index in [2.05, 4.69) is 16.0 Å². The Morgan fingerprint density at radius 3 is 2.20 bits per heavy atom. The van der Waals surface area contributed by atoms with Crippen molar-refractivity contribution in [3.05, 3.63) is 142 Å². The van der Waals surface area contributed by atoms with Crippen LogP contribution in [0.2, 0.25) is 10.0 Å². The largest absolute Gasteiger partial charge is 0.324 e. The molecule has 0 spiro atoms. The van der Waals surface area contributed by atoms with Crippen LogP contribution in [-0.2, 0) is 9.59 Å². The van der Waals surface area contributed by atoms with Crippen LogP contribution in [-0.4, -0.2) is 23.0 Å². The Balaban J connectivity index is 1.31. The topological polar surface area (TPSA) is 87.3 Å². The Bertz CT molecular complexity index is 1860. The Labute approximate surface area is 269 Å². The van der Waals surface area contributed by atoms with E-state index in [4.69, 9.17) is 23.2 Å². The van der Waals surface area contributed by atoms with Crippen LogP contribution in [0.4, 0.5) is 11.4 Å². The minimum atomic E-state index is -0.478. The van der Waals surface area contributed by atoms with Gasteiger partial charge in [0.1, 0.15) is 5.70 Å². The second-order valence-electron chi connectivity index (χ2n) is 9.78. The van der Waals surface area contributed by atoms with Crippen LogP contribution in [0.5, 0.6) is 0 Å². The zero-order chi connectivity index (χ0) is 31.1. The summed E-state index contributed by atoms with van der Waals surface area (Å²) in [5, 5.41) is 10.6. The number of hydrogen-bond acceptors (Lipinski definition) is 4. The first kappa shape index (κ1) is 30.9. The number of thioether (sulfide) groups is 1. The summed E-state index contributed by atoms with van der Waals surface area (Å²) in [6.07, 6.45) is 1.68. The monoisotopic (exact) mass is 639 g/mol. The average molecular weight is 641 g/mol. The van der Waals surface area contributed by atoms with E-state index in [-0.39, 0.29) is 16.6 Å². The number of carbonyl (C=O) groups excluding carboxylic acids is 3. The van der Waals surface area contributed by atoms with Crippen LogP contribution in [0, 0.1) is 0 Å². The number of benzene rings is 5. The molecule has 0 aliphatic rings. The Kier molecular flexibility index (Phi) is 10.0. The molecule has 5 aromatic carbocycles. The highest BCUT2D eigenvalue weighted by atomic mass is 35.5. The van der Waals surface area contributed by atoms with Gasteiger partial charge >= 0.3 is 0 Å². The molecule has 0 bridgehead atoms. The van der Waals surface area contributed by atoms with Crippen molar-refractivity contribution in [2.75, 3.05) is 10.6 Å². The summed E-state index contributed by atoms with van der Waals surface area (Å²) in [6, 6.07) is 34.5. The third-order valence-corrected chi connectivity index (χ3v) is 8.59. The smallest absolute Gasteiger partial charge is 0.272 e. The van der Waals surface area contributed by atoms with E-state index in [0.717, 1.165) is 21.2 Å². The van der Waals surface area contributed by atoms with Gasteiger partial charge in [0.05, 0.1) is 21.0 Å². The molecule has 6 nitrogen and oxygen atoms in total. The molecule has 5 aromatic rings. The number of nitrogens with one attached hydrogen (secondary N) is 3. The van der Waals surface area contributed by atoms with Crippen LogP contribution in [0.15, 0.2) is 126 Å². The molecule has 1 atom stereocenters. The molecule has 44 heavy (non-hydrogen) atoms. The van der Waals surface area contributed by atoms with Gasteiger partial charge in [0, 0.05) is 16.1 Å². The Hall–Kier alpha value is -4.56. The fraction of sp³-hybridized carbons (Fsp3) is 0.0571. The SMILES string of the molecule is CC(Sc1ccc(NC(=O)/C(=C/c2cccc3ccccc23)NC(=O)c2ccccc2)cc1)C(=O)Nc1cccc(Cl)c1Cl. The van der Waals surface area contributed by atoms with Gasteiger partial charge in [-0.25, -0.2) is 0 Å². The molecule has 0 fully saturated rings. The van der Waals surface area contributed by atoms with Crippen LogP contribution in [0.1, 0.15) is 22.8 Å². The summed E-state index contributed by atoms with van der Waals surface area (Å²) >= 11 is 13.6. The molecular weight excluding hydrogens is 613 g/mol. The summed E-state index contributed by atoms with van der Waals surface area (Å²) < 4.78 is 0. The maximum Gasteiger partial charge on any atom is 0.272 e. The van der Waals surface area contributed by atoms with Crippen molar-refractivity contribution in [1.29, 1.82) is 0 Å². The van der Waals surface area contributed by atoms with Crippen LogP contribution < -0.4 is 16.0 Å². The van der Waals surface area contributed by atoms with Gasteiger partial charge in [-0.2, -0.15) is 0 Å². The fourth-order valence-corrected chi connectivity index (χ4v) is 5.60. The predicted octanol–water partition coefficient (Wildman–Crippen LogP) is 8.68. The van der Waals surface area contributed by atoms with Gasteiger partial charge in [0.2, 0.25) is 5.91 Å². The van der Waals surface area contributed by atoms with Gasteiger partial charge in [-0.1, -0.05) is 89.9 Å². The lowest BCUT2D eigenvalue weighted by molar-refractivity contribution is -0.115. The molecule has 0 radical (unpaired) electrons. The Morgan fingerprint density at radius 1 is 0.750 bits per heavy atom. The molecule has 5 rings (SSSR count). The third kappa shape index (κ3) is 7.68. The van der Waals surface area contributed by atoms with Crippen molar-refractivity contribution in [2.24, 2.45) is 0 Å². The van der Waals surface area contributed by atoms with E-state index in [1.54, 1.807) is 67.6 Å². The molecule has 0 saturated heterocycles. The van der Waals surface area contributed by atoms with Crippen molar-refractivity contribution < 1.29 is 14.4 Å². The van der Waals surface area contributed by atoms with Crippen molar-refractivity contribution in [3.63, 3.8) is 0 Å². The first-order valence-electron chi connectivity index (χ1n) is 13.7. The van der Waals surface area contributed by atoms with Crippen molar-refractivity contribution in [2.45, 2.75) is 17.1 Å². The number of rotatable bonds is 9. The number of fused-ring (bicyclic) bond motifs is 1. The summed E-state index contributed by atoms with van der Waals surface area (Å²) in [5.74, 6) is -1.10. The van der Waals surface area contributed by atoms with Gasteiger partial charge in [0.25, 0.3) is 11.8 Å². The highest BCUT2D eigenvalue weighted by Crippen LogP contribution is 2.31. The lowest BCUT2D eigenvalue weighted by Crippen LogP contribution is -2.30.